The molecule has 0 atom stereocenters. The number of rotatable bonds is 8. The molecule has 1 N–H and O–H groups in total. The topological polar surface area (TPSA) is 70.3 Å². The molecule has 3 rings (SSSR count). The normalized spacial score (nSPS) is 11.4. The monoisotopic (exact) mass is 356 g/mol. The fourth-order valence-corrected chi connectivity index (χ4v) is 3.19. The summed E-state index contributed by atoms with van der Waals surface area (Å²) in [7, 11) is 1.67. The van der Waals surface area contributed by atoms with Crippen molar-refractivity contribution in [3.63, 3.8) is 0 Å². The van der Waals surface area contributed by atoms with Crippen LogP contribution in [0.5, 0.6) is 0 Å². The van der Waals surface area contributed by atoms with E-state index in [0.29, 0.717) is 19.0 Å². The number of aliphatic hydroxyl groups is 1. The maximum Gasteiger partial charge on any atom is 0.195 e. The quantitative estimate of drug-likeness (QED) is 0.615. The van der Waals surface area contributed by atoms with E-state index >= 15 is 0 Å². The van der Waals surface area contributed by atoms with E-state index in [-0.39, 0.29) is 6.61 Å². The maximum absolute atomic E-state index is 9.21. The Morgan fingerprint density at radius 2 is 1.88 bits per heavy atom. The van der Waals surface area contributed by atoms with Crippen molar-refractivity contribution in [2.75, 3.05) is 38.3 Å². The molecule has 0 spiro atoms. The van der Waals surface area contributed by atoms with Gasteiger partial charge in [-0.05, 0) is 47.9 Å². The van der Waals surface area contributed by atoms with Crippen LogP contribution in [0.3, 0.4) is 0 Å². The Morgan fingerprint density at radius 1 is 1.08 bits per heavy atom. The summed E-state index contributed by atoms with van der Waals surface area (Å²) in [6.07, 6.45) is 0. The van der Waals surface area contributed by atoms with Crippen LogP contribution in [-0.2, 0) is 4.74 Å². The second-order valence-electron chi connectivity index (χ2n) is 5.42. The smallest absolute Gasteiger partial charge is 0.195 e. The molecule has 0 fully saturated rings. The van der Waals surface area contributed by atoms with Crippen LogP contribution in [0.15, 0.2) is 58.8 Å². The van der Waals surface area contributed by atoms with Crippen LogP contribution in [-0.4, -0.2) is 42.9 Å². The SMILES string of the molecule is COCCN(CCO)c1ccc(/N=N\c2nsc3ccccc23)cc1. The molecule has 6 nitrogen and oxygen atoms in total. The molecular weight excluding hydrogens is 336 g/mol. The lowest BCUT2D eigenvalue weighted by Gasteiger charge is -2.23. The molecule has 0 amide bonds. The molecule has 0 saturated carbocycles. The molecule has 0 bridgehead atoms. The number of fused-ring (bicyclic) bond motifs is 1. The van der Waals surface area contributed by atoms with Crippen LogP contribution < -0.4 is 4.90 Å². The lowest BCUT2D eigenvalue weighted by atomic mass is 10.2. The first kappa shape index (κ1) is 17.5. The summed E-state index contributed by atoms with van der Waals surface area (Å²) in [6.45, 7) is 2.00. The van der Waals surface area contributed by atoms with Crippen molar-refractivity contribution in [3.8, 4) is 0 Å². The van der Waals surface area contributed by atoms with Gasteiger partial charge in [0.25, 0.3) is 0 Å². The molecule has 130 valence electrons. The Kier molecular flexibility index (Phi) is 6.05. The Morgan fingerprint density at radius 3 is 2.64 bits per heavy atom. The molecule has 0 saturated heterocycles. The van der Waals surface area contributed by atoms with Crippen molar-refractivity contribution >= 4 is 38.8 Å². The number of hydrogen-bond donors (Lipinski definition) is 1. The lowest BCUT2D eigenvalue weighted by Crippen LogP contribution is -2.29. The van der Waals surface area contributed by atoms with Gasteiger partial charge in [0.2, 0.25) is 0 Å². The van der Waals surface area contributed by atoms with E-state index < -0.39 is 0 Å². The third-order valence-electron chi connectivity index (χ3n) is 3.77. The first-order chi connectivity index (χ1) is 12.3. The number of methoxy groups -OCH3 is 1. The van der Waals surface area contributed by atoms with Crippen molar-refractivity contribution in [2.45, 2.75) is 0 Å². The van der Waals surface area contributed by atoms with Crippen LogP contribution in [0.1, 0.15) is 0 Å². The largest absolute Gasteiger partial charge is 0.395 e. The van der Waals surface area contributed by atoms with Crippen molar-refractivity contribution in [1.82, 2.24) is 4.37 Å². The third kappa shape index (κ3) is 4.39. The molecule has 0 aliphatic rings. The van der Waals surface area contributed by atoms with Crippen LogP contribution in [0.4, 0.5) is 17.2 Å². The average Bonchev–Trinajstić information content (AvgIpc) is 3.07. The van der Waals surface area contributed by atoms with Gasteiger partial charge in [-0.3, -0.25) is 0 Å². The van der Waals surface area contributed by atoms with Crippen molar-refractivity contribution in [3.05, 3.63) is 48.5 Å². The van der Waals surface area contributed by atoms with Gasteiger partial charge in [0.1, 0.15) is 0 Å². The molecule has 3 aromatic rings. The highest BCUT2D eigenvalue weighted by Gasteiger charge is 2.06. The van der Waals surface area contributed by atoms with Gasteiger partial charge in [0, 0.05) is 31.3 Å². The molecular formula is C18H20N4O2S. The summed E-state index contributed by atoms with van der Waals surface area (Å²) >= 11 is 1.42. The second-order valence-corrected chi connectivity index (χ2v) is 6.23. The first-order valence-corrected chi connectivity index (χ1v) is 8.80. The number of nitrogens with zero attached hydrogens (tertiary/aromatic N) is 4. The predicted octanol–water partition coefficient (Wildman–Crippen LogP) is 4.16. The van der Waals surface area contributed by atoms with Crippen molar-refractivity contribution in [1.29, 1.82) is 0 Å². The molecule has 0 aliphatic heterocycles. The molecule has 1 heterocycles. The maximum atomic E-state index is 9.21. The summed E-state index contributed by atoms with van der Waals surface area (Å²) in [5, 5.41) is 18.8. The first-order valence-electron chi connectivity index (χ1n) is 8.03. The standard InChI is InChI=1S/C18H20N4O2S/c1-24-13-11-22(10-12-23)15-8-6-14(7-9-15)19-20-18-16-4-2-3-5-17(16)25-21-18/h2-9,23H,10-13H2,1H3/b20-19-. The van der Waals surface area contributed by atoms with Gasteiger partial charge in [0.15, 0.2) is 5.82 Å². The molecule has 1 aromatic heterocycles. The van der Waals surface area contributed by atoms with Crippen LogP contribution >= 0.6 is 11.5 Å². The number of benzene rings is 2. The summed E-state index contributed by atoms with van der Waals surface area (Å²) in [5.74, 6) is 0.645. The zero-order chi connectivity index (χ0) is 17.5. The fraction of sp³-hybridized carbons (Fsp3) is 0.278. The van der Waals surface area contributed by atoms with Gasteiger partial charge in [-0.25, -0.2) is 0 Å². The summed E-state index contributed by atoms with van der Waals surface area (Å²) < 4.78 is 10.6. The molecule has 0 radical (unpaired) electrons. The van der Waals surface area contributed by atoms with Gasteiger partial charge >= 0.3 is 0 Å². The van der Waals surface area contributed by atoms with Gasteiger partial charge in [-0.2, -0.15) is 4.37 Å². The van der Waals surface area contributed by atoms with Gasteiger partial charge < -0.3 is 14.7 Å². The van der Waals surface area contributed by atoms with Crippen LogP contribution in [0.2, 0.25) is 0 Å². The lowest BCUT2D eigenvalue weighted by molar-refractivity contribution is 0.203. The molecule has 25 heavy (non-hydrogen) atoms. The average molecular weight is 356 g/mol. The zero-order valence-corrected chi connectivity index (χ0v) is 14.8. The number of aromatic nitrogens is 1. The van der Waals surface area contributed by atoms with E-state index in [1.54, 1.807) is 7.11 Å². The van der Waals surface area contributed by atoms with Crippen LogP contribution in [0, 0.1) is 0 Å². The number of ether oxygens (including phenoxy) is 1. The number of hydrogen-bond acceptors (Lipinski definition) is 7. The van der Waals surface area contributed by atoms with Gasteiger partial charge in [-0.1, -0.05) is 12.1 Å². The fourth-order valence-electron chi connectivity index (χ4n) is 2.47. The Labute approximate surface area is 150 Å². The number of aliphatic hydroxyl groups excluding tert-OH is 1. The van der Waals surface area contributed by atoms with Crippen molar-refractivity contribution in [2.24, 2.45) is 10.2 Å². The summed E-state index contributed by atoms with van der Waals surface area (Å²) in [4.78, 5) is 2.07. The van der Waals surface area contributed by atoms with E-state index in [9.17, 15) is 5.11 Å². The number of azo groups is 1. The third-order valence-corrected chi connectivity index (χ3v) is 4.59. The highest BCUT2D eigenvalue weighted by molar-refractivity contribution is 7.13. The van der Waals surface area contributed by atoms with E-state index in [4.69, 9.17) is 4.74 Å². The Hall–Kier alpha value is -2.35. The van der Waals surface area contributed by atoms with Gasteiger partial charge in [0.05, 0.1) is 23.6 Å². The number of anilines is 1. The molecule has 0 aliphatic carbocycles. The minimum atomic E-state index is 0.0993. The highest BCUT2D eigenvalue weighted by Crippen LogP contribution is 2.30. The predicted molar refractivity (Wildman–Crippen MR) is 101 cm³/mol. The molecule has 0 unspecified atom stereocenters. The molecule has 7 heteroatoms. The zero-order valence-electron chi connectivity index (χ0n) is 14.0. The molecule has 2 aromatic carbocycles. The highest BCUT2D eigenvalue weighted by atomic mass is 32.1. The van der Waals surface area contributed by atoms with E-state index in [1.807, 2.05) is 48.5 Å². The van der Waals surface area contributed by atoms with Crippen molar-refractivity contribution < 1.29 is 9.84 Å². The van der Waals surface area contributed by atoms with E-state index in [0.717, 1.165) is 28.0 Å². The van der Waals surface area contributed by atoms with E-state index in [2.05, 4.69) is 19.5 Å². The minimum absolute atomic E-state index is 0.0993. The Balaban J connectivity index is 1.73. The van der Waals surface area contributed by atoms with Gasteiger partial charge in [-0.15, -0.1) is 10.2 Å². The minimum Gasteiger partial charge on any atom is -0.395 e. The second kappa shape index (κ2) is 8.66. The van der Waals surface area contributed by atoms with E-state index in [1.165, 1.54) is 11.5 Å². The summed E-state index contributed by atoms with van der Waals surface area (Å²) in [5.41, 5.74) is 1.78. The van der Waals surface area contributed by atoms with Crippen LogP contribution in [0.25, 0.3) is 10.1 Å². The Bertz CT molecular complexity index is 832. The summed E-state index contributed by atoms with van der Waals surface area (Å²) in [6, 6.07) is 15.7.